The van der Waals surface area contributed by atoms with Crippen LogP contribution in [0.4, 0.5) is 40.9 Å². The van der Waals surface area contributed by atoms with E-state index in [1.807, 2.05) is 6.92 Å². The fraction of sp³-hybridized carbons (Fsp3) is 0.636. The van der Waals surface area contributed by atoms with Gasteiger partial charge in [-0.3, -0.25) is 29.4 Å². The van der Waals surface area contributed by atoms with Gasteiger partial charge in [-0.05, 0) is 37.2 Å². The fourth-order valence-electron chi connectivity index (χ4n) is 12.5. The van der Waals surface area contributed by atoms with Crippen molar-refractivity contribution in [2.45, 2.75) is 6.92 Å². The van der Waals surface area contributed by atoms with Gasteiger partial charge in [-0.15, -0.1) is 0 Å². The molecule has 110 heavy (non-hydrogen) atoms. The molecule has 6 N–H and O–H groups in total. The van der Waals surface area contributed by atoms with Gasteiger partial charge in [0.2, 0.25) is 16.5 Å². The van der Waals surface area contributed by atoms with Crippen molar-refractivity contribution in [3.8, 4) is 0 Å². The summed E-state index contributed by atoms with van der Waals surface area (Å²) in [7, 11) is 2.14. The normalized spacial score (nSPS) is 18.3. The van der Waals surface area contributed by atoms with Gasteiger partial charge < -0.3 is 70.1 Å². The Morgan fingerprint density at radius 2 is 0.555 bits per heavy atom. The van der Waals surface area contributed by atoms with Crippen LogP contribution in [0.2, 0.25) is 41.5 Å². The largest absolute Gasteiger partial charge is 0.379 e. The van der Waals surface area contributed by atoms with Gasteiger partial charge in [0.25, 0.3) is 0 Å². The SMILES string of the molecule is CN1CCN(c2nc(NCCN3CCOCC3)c3nc(Cl)c(NCCN4CCOCC4)nc3n2)CC1.Cc1nc(NCCN2CCOCC2)c2nc(Cl)c(NCCN3CCOCC3)nc2n1.Clc1nc(Cl)c2nc(Cl)c(Cl)nc2n1.Clc1nc(NCCN2CCOCC2)c2nc(Cl)c(NCCN3CCOCC3)nc2n1. The van der Waals surface area contributed by atoms with Crippen molar-refractivity contribution in [3.63, 3.8) is 0 Å². The molecule has 0 radical (unpaired) electrons. The number of nitrogens with one attached hydrogen (secondary N) is 6. The molecule has 0 unspecified atom stereocenters. The molecule has 7 aliphatic heterocycles. The molecule has 15 heterocycles. The number of anilines is 7. The van der Waals surface area contributed by atoms with Gasteiger partial charge in [0.15, 0.2) is 105 Å². The van der Waals surface area contributed by atoms with Crippen molar-refractivity contribution in [1.29, 1.82) is 0 Å². The second-order valence-corrected chi connectivity index (χ2v) is 29.1. The number of halogens is 8. The highest BCUT2D eigenvalue weighted by molar-refractivity contribution is 6.41. The average molecular weight is 1690 g/mol. The van der Waals surface area contributed by atoms with Crippen LogP contribution in [-0.2, 0) is 28.4 Å². The minimum Gasteiger partial charge on any atom is -0.379 e. The summed E-state index contributed by atoms with van der Waals surface area (Å²) in [4.78, 5) is 88.6. The van der Waals surface area contributed by atoms with E-state index < -0.39 is 0 Å². The summed E-state index contributed by atoms with van der Waals surface area (Å²) in [5, 5.41) is 21.3. The van der Waals surface area contributed by atoms with E-state index >= 15 is 0 Å². The molecule has 0 atom stereocenters. The van der Waals surface area contributed by atoms with E-state index in [2.05, 4.69) is 143 Å². The zero-order chi connectivity index (χ0) is 76.6. The van der Waals surface area contributed by atoms with Gasteiger partial charge >= 0.3 is 0 Å². The van der Waals surface area contributed by atoms with Gasteiger partial charge in [-0.1, -0.05) is 69.6 Å². The maximum Gasteiger partial charge on any atom is 0.229 e. The molecule has 598 valence electrons. The van der Waals surface area contributed by atoms with E-state index in [9.17, 15) is 0 Å². The maximum atomic E-state index is 6.57. The van der Waals surface area contributed by atoms with E-state index in [1.165, 1.54) is 0 Å². The molecule has 8 aromatic heterocycles. The maximum absolute atomic E-state index is 6.57. The van der Waals surface area contributed by atoms with E-state index in [0.717, 1.165) is 249 Å². The number of ether oxygens (including phenoxy) is 6. The predicted octanol–water partition coefficient (Wildman–Crippen LogP) is 5.43. The molecular formula is C66H92Cl8N30O6. The third kappa shape index (κ3) is 25.0. The van der Waals surface area contributed by atoms with Gasteiger partial charge in [0, 0.05) is 183 Å². The molecule has 0 bridgehead atoms. The Kier molecular flexibility index (Phi) is 32.6. The number of hydrogen-bond donors (Lipinski definition) is 6. The molecule has 0 aromatic carbocycles. The number of fused-ring (bicyclic) bond motifs is 4. The molecule has 0 saturated carbocycles. The lowest BCUT2D eigenvalue weighted by Gasteiger charge is -2.32. The molecule has 7 saturated heterocycles. The third-order valence-electron chi connectivity index (χ3n) is 18.7. The predicted molar refractivity (Wildman–Crippen MR) is 430 cm³/mol. The minimum absolute atomic E-state index is 0.0183. The van der Waals surface area contributed by atoms with Crippen LogP contribution >= 0.6 is 92.8 Å². The molecule has 0 spiro atoms. The lowest BCUT2D eigenvalue weighted by molar-refractivity contribution is 0.0398. The standard InChI is InChI=1S/C23H37ClN10O2.C19H29ClN8O2.C18H26Cl2N8O2.C6Cl4N4/c1-31-6-8-34(9-7-31)23-29-20(25-2-4-32-10-14-35-15-11-32)18-21(30-23)28-22(19(24)27-18)26-3-5-33-12-16-36-17-13-33;1-14-23-17(21-2-4-27-6-10-29-11-7-27)15-18(24-14)26-19(16(20)25-15)22-3-5-28-8-12-30-13-9-28;19-14-17(22-2-4-28-7-11-30-12-8-28)24-16-13(23-14)15(25-18(20)26-16)21-1-3-27-5-9-29-10-6-27;7-2-1-5(14-6(10)13-2)12-4(9)3(8)11-1/h2-17H2,1H3,(H2,25,26,28,29,30);2-13H2,1H3,(H2,21,22,23,24,26);1-12H2,(H2,21,22,24,25,26);. The van der Waals surface area contributed by atoms with Gasteiger partial charge in [-0.25, -0.2) is 54.8 Å². The Labute approximate surface area is 677 Å². The number of hydrogen-bond acceptors (Lipinski definition) is 36. The van der Waals surface area contributed by atoms with Crippen molar-refractivity contribution in [1.82, 2.24) is 114 Å². The molecule has 8 aromatic rings. The van der Waals surface area contributed by atoms with Crippen molar-refractivity contribution >= 4 is 178 Å². The monoisotopic (exact) mass is 1680 g/mol. The second kappa shape index (κ2) is 43.0. The number of rotatable bonds is 25. The fourth-order valence-corrected chi connectivity index (χ4v) is 13.9. The van der Waals surface area contributed by atoms with E-state index in [0.29, 0.717) is 104 Å². The smallest absolute Gasteiger partial charge is 0.229 e. The summed E-state index contributed by atoms with van der Waals surface area (Å²) < 4.78 is 32.4. The summed E-state index contributed by atoms with van der Waals surface area (Å²) >= 11 is 48.1. The average Bonchev–Trinajstić information content (AvgIpc) is 0.795. The summed E-state index contributed by atoms with van der Waals surface area (Å²) in [5.74, 6) is 4.80. The highest BCUT2D eigenvalue weighted by atomic mass is 35.5. The Morgan fingerprint density at radius 1 is 0.264 bits per heavy atom. The van der Waals surface area contributed by atoms with Crippen LogP contribution in [0.3, 0.4) is 0 Å². The van der Waals surface area contributed by atoms with Gasteiger partial charge in [0.05, 0.1) is 79.3 Å². The van der Waals surface area contributed by atoms with Crippen LogP contribution in [-0.4, -0.2) is 384 Å². The van der Waals surface area contributed by atoms with Gasteiger partial charge in [0.1, 0.15) is 11.3 Å². The summed E-state index contributed by atoms with van der Waals surface area (Å²) in [6, 6.07) is 0. The summed E-state index contributed by atoms with van der Waals surface area (Å²) in [6.45, 7) is 35.9. The molecule has 7 aliphatic rings. The molecule has 36 nitrogen and oxygen atoms in total. The van der Waals surface area contributed by atoms with Crippen LogP contribution < -0.4 is 36.8 Å². The molecule has 0 aliphatic carbocycles. The molecule has 15 rings (SSSR count). The Morgan fingerprint density at radius 3 is 0.927 bits per heavy atom. The number of aromatic nitrogens is 16. The Hall–Kier alpha value is -5.92. The number of piperazine rings is 1. The van der Waals surface area contributed by atoms with Crippen molar-refractivity contribution in [2.24, 2.45) is 0 Å². The lowest BCUT2D eigenvalue weighted by atomic mass is 10.3. The second-order valence-electron chi connectivity index (χ2n) is 26.3. The van der Waals surface area contributed by atoms with Crippen LogP contribution in [0.5, 0.6) is 0 Å². The first-order valence-electron chi connectivity index (χ1n) is 36.9. The first kappa shape index (κ1) is 83.5. The van der Waals surface area contributed by atoms with Crippen molar-refractivity contribution in [3.05, 3.63) is 47.3 Å². The van der Waals surface area contributed by atoms with Gasteiger partial charge in [-0.2, -0.15) is 24.9 Å². The van der Waals surface area contributed by atoms with Crippen LogP contribution in [0.15, 0.2) is 0 Å². The summed E-state index contributed by atoms with van der Waals surface area (Å²) in [5.41, 5.74) is 3.66. The van der Waals surface area contributed by atoms with E-state index in [4.69, 9.17) is 136 Å². The number of morpholine rings is 6. The van der Waals surface area contributed by atoms with E-state index in [1.54, 1.807) is 0 Å². The zero-order valence-corrected chi connectivity index (χ0v) is 67.5. The van der Waals surface area contributed by atoms with Crippen molar-refractivity contribution < 1.29 is 28.4 Å². The summed E-state index contributed by atoms with van der Waals surface area (Å²) in [6.07, 6.45) is 0. The van der Waals surface area contributed by atoms with Crippen LogP contribution in [0.25, 0.3) is 44.7 Å². The molecule has 0 amide bonds. The number of aryl methyl sites for hydroxylation is 1. The number of nitrogens with zero attached hydrogens (tertiary/aromatic N) is 24. The highest BCUT2D eigenvalue weighted by Crippen LogP contribution is 2.30. The Bertz CT molecular complexity index is 4120. The van der Waals surface area contributed by atoms with E-state index in [-0.39, 0.29) is 42.3 Å². The number of likely N-dealkylation sites (N-methyl/N-ethyl adjacent to an activating group) is 1. The third-order valence-corrected chi connectivity index (χ3v) is 20.7. The van der Waals surface area contributed by atoms with Crippen LogP contribution in [0, 0.1) is 6.92 Å². The quantitative estimate of drug-likeness (QED) is 0.0307. The molecule has 44 heteroatoms. The lowest BCUT2D eigenvalue weighted by Crippen LogP contribution is -2.45. The van der Waals surface area contributed by atoms with Crippen LogP contribution in [0.1, 0.15) is 5.82 Å². The minimum atomic E-state index is -0.0183. The Balaban J connectivity index is 0.000000142. The first-order valence-corrected chi connectivity index (χ1v) is 39.9. The zero-order valence-electron chi connectivity index (χ0n) is 61.5. The molecule has 7 fully saturated rings. The van der Waals surface area contributed by atoms with Crippen molar-refractivity contribution in [2.75, 3.05) is 306 Å². The molecular weight excluding hydrogens is 1590 g/mol. The highest BCUT2D eigenvalue weighted by Gasteiger charge is 2.25. The first-order chi connectivity index (χ1) is 53.6. The topological polar surface area (TPSA) is 360 Å².